The van der Waals surface area contributed by atoms with Gasteiger partial charge in [0.1, 0.15) is 5.02 Å². The monoisotopic (exact) mass is 447 g/mol. The number of aromatic nitrogens is 1. The van der Waals surface area contributed by atoms with Crippen molar-refractivity contribution < 1.29 is 19.4 Å². The molecule has 25 heavy (non-hydrogen) atoms. The van der Waals surface area contributed by atoms with Crippen molar-refractivity contribution in [2.24, 2.45) is 5.10 Å². The Kier molecular flexibility index (Phi) is 7.03. The van der Waals surface area contributed by atoms with Crippen LogP contribution in [-0.2, 0) is 16.0 Å². The predicted molar refractivity (Wildman–Crippen MR) is 101 cm³/mol. The van der Waals surface area contributed by atoms with Gasteiger partial charge >= 0.3 is 5.97 Å². The van der Waals surface area contributed by atoms with E-state index in [1.54, 1.807) is 18.4 Å². The summed E-state index contributed by atoms with van der Waals surface area (Å²) in [6.07, 6.45) is 1.62. The number of phenolic OH excluding ortho intramolecular Hbond substituents is 1. The van der Waals surface area contributed by atoms with Gasteiger partial charge in [-0.15, -0.1) is 11.3 Å². The first-order valence-corrected chi connectivity index (χ1v) is 9.15. The highest BCUT2D eigenvalue weighted by atomic mass is 79.9. The predicted octanol–water partition coefficient (Wildman–Crippen LogP) is 3.82. The number of halogens is 2. The molecule has 0 radical (unpaired) electrons. The molecule has 0 amide bonds. The van der Waals surface area contributed by atoms with Crippen molar-refractivity contribution in [2.45, 2.75) is 13.3 Å². The summed E-state index contributed by atoms with van der Waals surface area (Å²) in [7, 11) is 1.43. The topological polar surface area (TPSA) is 93.0 Å². The molecule has 0 atom stereocenters. The van der Waals surface area contributed by atoms with Gasteiger partial charge in [0.25, 0.3) is 0 Å². The number of rotatable bonds is 7. The standard InChI is InChI=1S/C15H15BrClN3O4S/c1-3-24-11(21)5-9-7-25-15(19-9)20-18-6-8-4-10(23-2)14(22)13(17)12(8)16/h4,6-7,22H,3,5H2,1-2H3,(H,19,20). The van der Waals surface area contributed by atoms with Gasteiger partial charge in [0, 0.05) is 15.4 Å². The van der Waals surface area contributed by atoms with Crippen LogP contribution in [-0.4, -0.2) is 36.0 Å². The van der Waals surface area contributed by atoms with Crippen LogP contribution in [0.4, 0.5) is 5.13 Å². The van der Waals surface area contributed by atoms with Crippen molar-refractivity contribution in [1.82, 2.24) is 4.98 Å². The minimum atomic E-state index is -0.322. The fourth-order valence-corrected chi connectivity index (χ4v) is 3.08. The number of methoxy groups -OCH3 is 1. The maximum atomic E-state index is 11.4. The van der Waals surface area contributed by atoms with E-state index in [2.05, 4.69) is 31.4 Å². The molecule has 0 aliphatic rings. The molecule has 1 aromatic heterocycles. The van der Waals surface area contributed by atoms with Crippen LogP contribution >= 0.6 is 38.9 Å². The highest BCUT2D eigenvalue weighted by Gasteiger charge is 2.14. The first-order valence-electron chi connectivity index (χ1n) is 7.10. The van der Waals surface area contributed by atoms with Crippen LogP contribution in [0.2, 0.25) is 5.02 Å². The van der Waals surface area contributed by atoms with E-state index in [9.17, 15) is 9.90 Å². The van der Waals surface area contributed by atoms with E-state index in [1.807, 2.05) is 0 Å². The first-order chi connectivity index (χ1) is 12.0. The van der Waals surface area contributed by atoms with E-state index in [0.717, 1.165) is 0 Å². The van der Waals surface area contributed by atoms with E-state index >= 15 is 0 Å². The molecule has 2 aromatic rings. The summed E-state index contributed by atoms with van der Waals surface area (Å²) < 4.78 is 10.4. The highest BCUT2D eigenvalue weighted by molar-refractivity contribution is 9.10. The number of thiazole rings is 1. The van der Waals surface area contributed by atoms with Gasteiger partial charge in [-0.25, -0.2) is 4.98 Å². The molecule has 0 saturated carbocycles. The quantitative estimate of drug-likeness (QED) is 0.380. The number of carbonyl (C=O) groups is 1. The van der Waals surface area contributed by atoms with Crippen LogP contribution in [0.1, 0.15) is 18.2 Å². The lowest BCUT2D eigenvalue weighted by Gasteiger charge is -2.08. The molecule has 2 rings (SSSR count). The summed E-state index contributed by atoms with van der Waals surface area (Å²) in [5, 5.41) is 16.3. The number of carbonyl (C=O) groups excluding carboxylic acids is 1. The molecular formula is C15H15BrClN3O4S. The van der Waals surface area contributed by atoms with Crippen molar-refractivity contribution in [3.05, 3.63) is 32.2 Å². The molecule has 0 bridgehead atoms. The zero-order valence-electron chi connectivity index (χ0n) is 13.4. The molecule has 10 heteroatoms. The Balaban J connectivity index is 2.06. The van der Waals surface area contributed by atoms with Gasteiger partial charge in [0.2, 0.25) is 5.13 Å². The molecule has 0 unspecified atom stereocenters. The molecule has 2 N–H and O–H groups in total. The van der Waals surface area contributed by atoms with Crippen LogP contribution in [0.25, 0.3) is 0 Å². The number of ether oxygens (including phenoxy) is 2. The van der Waals surface area contributed by atoms with E-state index < -0.39 is 0 Å². The van der Waals surface area contributed by atoms with Crippen LogP contribution in [0.5, 0.6) is 11.5 Å². The number of phenols is 1. The number of hydrogen-bond acceptors (Lipinski definition) is 8. The van der Waals surface area contributed by atoms with Crippen molar-refractivity contribution in [2.75, 3.05) is 19.1 Å². The summed E-state index contributed by atoms with van der Waals surface area (Å²) in [6.45, 7) is 2.09. The van der Waals surface area contributed by atoms with Gasteiger partial charge < -0.3 is 14.6 Å². The maximum Gasteiger partial charge on any atom is 0.311 e. The number of anilines is 1. The molecule has 0 saturated heterocycles. The van der Waals surface area contributed by atoms with E-state index in [0.29, 0.717) is 27.5 Å². The molecule has 0 aliphatic carbocycles. The Labute approximate surface area is 161 Å². The fraction of sp³-hybridized carbons (Fsp3) is 0.267. The first kappa shape index (κ1) is 19.5. The Morgan fingerprint density at radius 3 is 3.04 bits per heavy atom. The van der Waals surface area contributed by atoms with Gasteiger partial charge in [-0.05, 0) is 28.9 Å². The third-order valence-corrected chi connectivity index (χ3v) is 5.19. The summed E-state index contributed by atoms with van der Waals surface area (Å²) in [5.74, 6) is -0.233. The van der Waals surface area contributed by atoms with Gasteiger partial charge in [-0.2, -0.15) is 5.10 Å². The minimum Gasteiger partial charge on any atom is -0.503 e. The second-order valence-electron chi connectivity index (χ2n) is 4.64. The molecule has 0 fully saturated rings. The maximum absolute atomic E-state index is 11.4. The number of nitrogens with one attached hydrogen (secondary N) is 1. The lowest BCUT2D eigenvalue weighted by Crippen LogP contribution is -2.07. The van der Waals surface area contributed by atoms with Gasteiger partial charge in [-0.1, -0.05) is 11.6 Å². The normalized spacial score (nSPS) is 10.9. The van der Waals surface area contributed by atoms with Crippen molar-refractivity contribution >= 4 is 56.2 Å². The second kappa shape index (κ2) is 9.02. The average Bonchev–Trinajstić information content (AvgIpc) is 3.02. The summed E-state index contributed by atoms with van der Waals surface area (Å²) in [4.78, 5) is 15.7. The molecule has 1 aromatic carbocycles. The molecule has 7 nitrogen and oxygen atoms in total. The van der Waals surface area contributed by atoms with Crippen molar-refractivity contribution in [1.29, 1.82) is 0 Å². The number of hydrogen-bond donors (Lipinski definition) is 2. The smallest absolute Gasteiger partial charge is 0.311 e. The van der Waals surface area contributed by atoms with E-state index in [4.69, 9.17) is 21.1 Å². The molecule has 0 spiro atoms. The van der Waals surface area contributed by atoms with Gasteiger partial charge in [-0.3, -0.25) is 10.2 Å². The lowest BCUT2D eigenvalue weighted by atomic mass is 10.2. The number of nitrogens with zero attached hydrogens (tertiary/aromatic N) is 2. The lowest BCUT2D eigenvalue weighted by molar-refractivity contribution is -0.142. The number of esters is 1. The SMILES string of the molecule is CCOC(=O)Cc1csc(NN=Cc2cc(OC)c(O)c(Cl)c2Br)n1. The average molecular weight is 449 g/mol. The van der Waals surface area contributed by atoms with Crippen LogP contribution in [0.3, 0.4) is 0 Å². The Hall–Kier alpha value is -1.84. The molecular weight excluding hydrogens is 434 g/mol. The van der Waals surface area contributed by atoms with Gasteiger partial charge in [0.05, 0.1) is 32.0 Å². The largest absolute Gasteiger partial charge is 0.503 e. The molecule has 0 aliphatic heterocycles. The number of aromatic hydroxyl groups is 1. The van der Waals surface area contributed by atoms with Crippen LogP contribution in [0.15, 0.2) is 21.0 Å². The summed E-state index contributed by atoms with van der Waals surface area (Å²) in [6, 6.07) is 1.59. The highest BCUT2D eigenvalue weighted by Crippen LogP contribution is 2.40. The Bertz CT molecular complexity index is 797. The summed E-state index contributed by atoms with van der Waals surface area (Å²) in [5.41, 5.74) is 3.99. The summed E-state index contributed by atoms with van der Waals surface area (Å²) >= 11 is 10.6. The van der Waals surface area contributed by atoms with Crippen LogP contribution < -0.4 is 10.2 Å². The van der Waals surface area contributed by atoms with Crippen molar-refractivity contribution in [3.63, 3.8) is 0 Å². The third-order valence-electron chi connectivity index (χ3n) is 2.94. The zero-order chi connectivity index (χ0) is 18.4. The molecule has 134 valence electrons. The van der Waals surface area contributed by atoms with Crippen LogP contribution in [0, 0.1) is 0 Å². The minimum absolute atomic E-state index is 0.117. The second-order valence-corrected chi connectivity index (χ2v) is 6.67. The zero-order valence-corrected chi connectivity index (χ0v) is 16.5. The van der Waals surface area contributed by atoms with E-state index in [1.165, 1.54) is 24.7 Å². The number of benzene rings is 1. The van der Waals surface area contributed by atoms with Crippen molar-refractivity contribution in [3.8, 4) is 11.5 Å². The Morgan fingerprint density at radius 1 is 1.60 bits per heavy atom. The van der Waals surface area contributed by atoms with E-state index in [-0.39, 0.29) is 28.9 Å². The molecule has 1 heterocycles. The fourth-order valence-electron chi connectivity index (χ4n) is 1.82. The Morgan fingerprint density at radius 2 is 2.36 bits per heavy atom. The number of hydrazone groups is 1. The third kappa shape index (κ3) is 5.07. The van der Waals surface area contributed by atoms with Gasteiger partial charge in [0.15, 0.2) is 11.5 Å².